The van der Waals surface area contributed by atoms with Crippen LogP contribution in [0.2, 0.25) is 15.1 Å². The molecule has 1 amide bonds. The molecule has 0 saturated heterocycles. The molecule has 23 heavy (non-hydrogen) atoms. The Hall–Kier alpha value is -0.940. The second-order valence-electron chi connectivity index (χ2n) is 4.77. The smallest absolute Gasteiger partial charge is 0.237 e. The van der Waals surface area contributed by atoms with E-state index in [0.717, 1.165) is 5.56 Å². The van der Waals surface area contributed by atoms with Crippen LogP contribution in [0.3, 0.4) is 0 Å². The molecule has 0 aliphatic rings. The lowest BCUT2D eigenvalue weighted by Crippen LogP contribution is -2.23. The third kappa shape index (κ3) is 5.01. The predicted molar refractivity (Wildman–Crippen MR) is 97.3 cm³/mol. The summed E-state index contributed by atoms with van der Waals surface area (Å²) in [7, 11) is 0. The second kappa shape index (κ2) is 8.25. The third-order valence-corrected chi connectivity index (χ3v) is 5.26. The highest BCUT2D eigenvalue weighted by molar-refractivity contribution is 7.99. The maximum Gasteiger partial charge on any atom is 0.237 e. The number of amides is 1. The van der Waals surface area contributed by atoms with Crippen molar-refractivity contribution in [2.75, 3.05) is 5.32 Å². The van der Waals surface area contributed by atoms with Gasteiger partial charge in [-0.3, -0.25) is 4.79 Å². The highest BCUT2D eigenvalue weighted by atomic mass is 35.5. The third-order valence-electron chi connectivity index (χ3n) is 3.08. The number of nitrogens with one attached hydrogen (secondary N) is 1. The molecule has 0 aliphatic carbocycles. The van der Waals surface area contributed by atoms with Crippen LogP contribution in [0.4, 0.5) is 10.1 Å². The molecule has 7 heteroatoms. The summed E-state index contributed by atoms with van der Waals surface area (Å²) in [6, 6.07) is 9.22. The van der Waals surface area contributed by atoms with E-state index < -0.39 is 0 Å². The first-order valence-corrected chi connectivity index (χ1v) is 8.87. The molecule has 0 fully saturated rings. The SMILES string of the molecule is CC(SCc1ccc(F)cc1Cl)C(=O)Nc1c(Cl)cccc1Cl. The molecule has 0 bridgehead atoms. The Morgan fingerprint density at radius 1 is 1.17 bits per heavy atom. The van der Waals surface area contributed by atoms with Gasteiger partial charge in [0.2, 0.25) is 5.91 Å². The molecule has 1 unspecified atom stereocenters. The molecule has 0 heterocycles. The summed E-state index contributed by atoms with van der Waals surface area (Å²) < 4.78 is 13.0. The molecular weight excluding hydrogens is 380 g/mol. The number of anilines is 1. The zero-order chi connectivity index (χ0) is 17.0. The van der Waals surface area contributed by atoms with Gasteiger partial charge in [0.05, 0.1) is 21.0 Å². The molecule has 0 aliphatic heterocycles. The minimum absolute atomic E-state index is 0.219. The van der Waals surface area contributed by atoms with Gasteiger partial charge in [0.25, 0.3) is 0 Å². The van der Waals surface area contributed by atoms with Crippen molar-refractivity contribution in [2.45, 2.75) is 17.9 Å². The fourth-order valence-electron chi connectivity index (χ4n) is 1.77. The van der Waals surface area contributed by atoms with Crippen LogP contribution < -0.4 is 5.32 Å². The Balaban J connectivity index is 1.97. The summed E-state index contributed by atoms with van der Waals surface area (Å²) in [6.07, 6.45) is 0. The number of carbonyl (C=O) groups is 1. The van der Waals surface area contributed by atoms with Crippen molar-refractivity contribution in [3.05, 3.63) is 62.8 Å². The quantitative estimate of drug-likeness (QED) is 0.671. The monoisotopic (exact) mass is 391 g/mol. The van der Waals surface area contributed by atoms with Crippen LogP contribution in [0, 0.1) is 5.82 Å². The number of para-hydroxylation sites is 1. The van der Waals surface area contributed by atoms with E-state index in [9.17, 15) is 9.18 Å². The largest absolute Gasteiger partial charge is 0.323 e. The summed E-state index contributed by atoms with van der Waals surface area (Å²) in [5, 5.41) is 3.47. The molecule has 2 nitrogen and oxygen atoms in total. The van der Waals surface area contributed by atoms with E-state index in [1.54, 1.807) is 31.2 Å². The maximum atomic E-state index is 13.0. The number of hydrogen-bond acceptors (Lipinski definition) is 2. The number of benzene rings is 2. The molecule has 2 rings (SSSR count). The van der Waals surface area contributed by atoms with Crippen molar-refractivity contribution in [2.24, 2.45) is 0 Å². The number of thioether (sulfide) groups is 1. The normalized spacial score (nSPS) is 12.0. The van der Waals surface area contributed by atoms with Crippen LogP contribution in [0.25, 0.3) is 0 Å². The maximum absolute atomic E-state index is 13.0. The van der Waals surface area contributed by atoms with E-state index in [2.05, 4.69) is 5.32 Å². The average molecular weight is 393 g/mol. The van der Waals surface area contributed by atoms with Gasteiger partial charge in [-0.25, -0.2) is 4.39 Å². The molecule has 0 spiro atoms. The van der Waals surface area contributed by atoms with Crippen molar-refractivity contribution in [1.82, 2.24) is 0 Å². The van der Waals surface area contributed by atoms with E-state index in [0.29, 0.717) is 26.5 Å². The van der Waals surface area contributed by atoms with Crippen molar-refractivity contribution in [1.29, 1.82) is 0 Å². The molecular formula is C16H13Cl3FNOS. The minimum atomic E-state index is -0.386. The van der Waals surface area contributed by atoms with Gasteiger partial charge in [-0.2, -0.15) is 0 Å². The molecule has 122 valence electrons. The van der Waals surface area contributed by atoms with Crippen molar-refractivity contribution in [3.8, 4) is 0 Å². The van der Waals surface area contributed by atoms with Gasteiger partial charge in [0.1, 0.15) is 5.82 Å². The van der Waals surface area contributed by atoms with Crippen LogP contribution in [0.1, 0.15) is 12.5 Å². The lowest BCUT2D eigenvalue weighted by Gasteiger charge is -2.14. The molecule has 1 atom stereocenters. The van der Waals surface area contributed by atoms with E-state index >= 15 is 0 Å². The van der Waals surface area contributed by atoms with Gasteiger partial charge in [-0.05, 0) is 36.8 Å². The lowest BCUT2D eigenvalue weighted by molar-refractivity contribution is -0.115. The van der Waals surface area contributed by atoms with Crippen LogP contribution in [-0.2, 0) is 10.5 Å². The molecule has 2 aromatic carbocycles. The molecule has 0 saturated carbocycles. The standard InChI is InChI=1S/C16H13Cl3FNOS/c1-9(23-8-10-5-6-11(20)7-14(10)19)16(22)21-15-12(17)3-2-4-13(15)18/h2-7,9H,8H2,1H3,(H,21,22). The molecule has 0 radical (unpaired) electrons. The topological polar surface area (TPSA) is 29.1 Å². The first-order chi connectivity index (χ1) is 10.9. The Kier molecular flexibility index (Phi) is 6.60. The first kappa shape index (κ1) is 18.4. The fourth-order valence-corrected chi connectivity index (χ4v) is 3.47. The summed E-state index contributed by atoms with van der Waals surface area (Å²) in [6.45, 7) is 1.77. The Morgan fingerprint density at radius 3 is 2.43 bits per heavy atom. The Morgan fingerprint density at radius 2 is 1.83 bits per heavy atom. The van der Waals surface area contributed by atoms with Gasteiger partial charge in [0, 0.05) is 10.8 Å². The van der Waals surface area contributed by atoms with Gasteiger partial charge in [-0.15, -0.1) is 11.8 Å². The summed E-state index contributed by atoms with van der Waals surface area (Å²) >= 11 is 19.4. The van der Waals surface area contributed by atoms with E-state index in [-0.39, 0.29) is 17.0 Å². The van der Waals surface area contributed by atoms with Crippen molar-refractivity contribution in [3.63, 3.8) is 0 Å². The summed E-state index contributed by atoms with van der Waals surface area (Å²) in [5.41, 5.74) is 1.17. The van der Waals surface area contributed by atoms with Gasteiger partial charge >= 0.3 is 0 Å². The lowest BCUT2D eigenvalue weighted by atomic mass is 10.2. The van der Waals surface area contributed by atoms with Gasteiger partial charge in [0.15, 0.2) is 0 Å². The average Bonchev–Trinajstić information content (AvgIpc) is 2.49. The van der Waals surface area contributed by atoms with Crippen molar-refractivity contribution >= 4 is 58.2 Å². The fraction of sp³-hybridized carbons (Fsp3) is 0.188. The molecule has 2 aromatic rings. The summed E-state index contributed by atoms with van der Waals surface area (Å²) in [5.74, 6) is -0.115. The van der Waals surface area contributed by atoms with E-state index in [1.807, 2.05) is 0 Å². The van der Waals surface area contributed by atoms with Gasteiger partial charge < -0.3 is 5.32 Å². The Labute approximate surface area is 153 Å². The zero-order valence-electron chi connectivity index (χ0n) is 12.1. The number of carbonyl (C=O) groups excluding carboxylic acids is 1. The van der Waals surface area contributed by atoms with Crippen LogP contribution in [-0.4, -0.2) is 11.2 Å². The van der Waals surface area contributed by atoms with Crippen molar-refractivity contribution < 1.29 is 9.18 Å². The zero-order valence-corrected chi connectivity index (χ0v) is 15.2. The van der Waals surface area contributed by atoms with Crippen LogP contribution >= 0.6 is 46.6 Å². The van der Waals surface area contributed by atoms with Gasteiger partial charge in [-0.1, -0.05) is 46.9 Å². The Bertz CT molecular complexity index is 706. The van der Waals surface area contributed by atoms with E-state index in [1.165, 1.54) is 23.9 Å². The first-order valence-electron chi connectivity index (χ1n) is 6.69. The number of rotatable bonds is 5. The molecule has 0 aromatic heterocycles. The second-order valence-corrected chi connectivity index (χ2v) is 7.33. The summed E-state index contributed by atoms with van der Waals surface area (Å²) in [4.78, 5) is 12.2. The number of hydrogen-bond donors (Lipinski definition) is 1. The predicted octanol–water partition coefficient (Wildman–Crippen LogP) is 6.05. The molecule has 1 N–H and O–H groups in total. The van der Waals surface area contributed by atoms with Crippen LogP contribution in [0.15, 0.2) is 36.4 Å². The van der Waals surface area contributed by atoms with Crippen LogP contribution in [0.5, 0.6) is 0 Å². The van der Waals surface area contributed by atoms with E-state index in [4.69, 9.17) is 34.8 Å². The number of halogens is 4. The highest BCUT2D eigenvalue weighted by Gasteiger charge is 2.17. The minimum Gasteiger partial charge on any atom is -0.323 e. The highest BCUT2D eigenvalue weighted by Crippen LogP contribution is 2.31.